The minimum Gasteiger partial charge on any atom is -0.324 e. The van der Waals surface area contributed by atoms with Gasteiger partial charge in [-0.15, -0.1) is 0 Å². The first-order valence-corrected chi connectivity index (χ1v) is 2.96. The van der Waals surface area contributed by atoms with Gasteiger partial charge in [0, 0.05) is 0 Å². The van der Waals surface area contributed by atoms with Gasteiger partial charge in [0.2, 0.25) is 0 Å². The van der Waals surface area contributed by atoms with Gasteiger partial charge in [-0.2, -0.15) is 13.2 Å². The molecule has 0 saturated heterocycles. The number of hydrogen-bond acceptors (Lipinski definition) is 2. The molecular weight excluding hydrogens is 201 g/mol. The molecule has 0 fully saturated rings. The molecule has 2 amide bonds. The van der Waals surface area contributed by atoms with Gasteiger partial charge in [-0.1, -0.05) is 11.6 Å². The maximum atomic E-state index is 11.4. The summed E-state index contributed by atoms with van der Waals surface area (Å²) in [4.78, 5) is 20.0. The lowest BCUT2D eigenvalue weighted by Gasteiger charge is -2.09. The maximum Gasteiger partial charge on any atom is 0.471 e. The Morgan fingerprint density at radius 1 is 1.42 bits per heavy atom. The quantitative estimate of drug-likeness (QED) is 0.508. The van der Waals surface area contributed by atoms with Gasteiger partial charge in [-0.3, -0.25) is 15.3 Å². The minimum atomic E-state index is -5.09. The van der Waals surface area contributed by atoms with E-state index in [2.05, 4.69) is 0 Å². The molecule has 2 N–H and O–H groups in total. The molecule has 0 rings (SSSR count). The monoisotopic (exact) mass is 203 g/mol. The lowest BCUT2D eigenvalue weighted by molar-refractivity contribution is -0.174. The smallest absolute Gasteiger partial charge is 0.324 e. The van der Waals surface area contributed by atoms with Crippen LogP contribution >= 0.6 is 11.6 Å². The minimum absolute atomic E-state index is 1.08. The van der Waals surface area contributed by atoms with Crippen LogP contribution in [0.15, 0.2) is 0 Å². The summed E-state index contributed by atoms with van der Waals surface area (Å²) in [5, 5.41) is 1.08. The number of rotatable bonds is 2. The Balaban J connectivity index is 4.11. The van der Waals surface area contributed by atoms with Crippen LogP contribution in [0.5, 0.6) is 0 Å². The molecule has 0 aliphatic heterocycles. The fourth-order valence-corrected chi connectivity index (χ4v) is 0.362. The van der Waals surface area contributed by atoms with Crippen LogP contribution in [-0.4, -0.2) is 23.5 Å². The predicted molar refractivity (Wildman–Crippen MR) is 31.9 cm³/mol. The summed E-state index contributed by atoms with van der Waals surface area (Å²) >= 11 is 4.85. The van der Waals surface area contributed by atoms with Crippen molar-refractivity contribution in [3.05, 3.63) is 0 Å². The van der Waals surface area contributed by atoms with E-state index < -0.39 is 23.5 Å². The third-order valence-electron chi connectivity index (χ3n) is 0.745. The Hall–Kier alpha value is -0.980. The number of nitrogens with one attached hydrogen (secondary N) is 2. The molecule has 1 atom stereocenters. The second-order valence-corrected chi connectivity index (χ2v) is 2.13. The number of carbonyl (C=O) groups is 2. The fraction of sp³-hybridized carbons (Fsp3) is 0.500. The topological polar surface area (TPSA) is 70.0 Å². The van der Waals surface area contributed by atoms with E-state index in [0.29, 0.717) is 0 Å². The number of carbonyl (C=O) groups excluding carboxylic acids is 2. The van der Waals surface area contributed by atoms with Crippen molar-refractivity contribution >= 4 is 23.4 Å². The highest BCUT2D eigenvalue weighted by Crippen LogP contribution is 2.14. The Bertz CT molecular complexity index is 205. The fourth-order valence-electron chi connectivity index (χ4n) is 0.262. The van der Waals surface area contributed by atoms with Crippen LogP contribution in [0.1, 0.15) is 0 Å². The molecule has 0 spiro atoms. The molecule has 4 nitrogen and oxygen atoms in total. The second-order valence-electron chi connectivity index (χ2n) is 1.70. The first kappa shape index (κ1) is 11.0. The van der Waals surface area contributed by atoms with Crippen LogP contribution in [0, 0.1) is 0 Å². The molecule has 1 unspecified atom stereocenters. The summed E-state index contributed by atoms with van der Waals surface area (Å²) in [7, 11) is 0. The molecule has 0 aliphatic rings. The Morgan fingerprint density at radius 2 is 1.83 bits per heavy atom. The van der Waals surface area contributed by atoms with Gasteiger partial charge < -0.3 is 5.32 Å². The maximum absolute atomic E-state index is 11.4. The lowest BCUT2D eigenvalue weighted by atomic mass is 10.5. The van der Waals surface area contributed by atoms with E-state index in [9.17, 15) is 22.8 Å². The molecule has 0 aromatic carbocycles. The first-order chi connectivity index (χ1) is 5.25. The Morgan fingerprint density at radius 3 is 2.08 bits per heavy atom. The number of amides is 2. The van der Waals surface area contributed by atoms with E-state index in [-0.39, 0.29) is 0 Å². The van der Waals surface area contributed by atoms with Crippen LogP contribution in [-0.2, 0) is 9.59 Å². The van der Waals surface area contributed by atoms with Crippen LogP contribution in [0.2, 0.25) is 0 Å². The van der Waals surface area contributed by atoms with Crippen molar-refractivity contribution in [2.24, 2.45) is 0 Å². The molecule has 0 heterocycles. The molecule has 0 saturated carbocycles. The van der Waals surface area contributed by atoms with E-state index in [4.69, 9.17) is 17.3 Å². The van der Waals surface area contributed by atoms with E-state index >= 15 is 0 Å². The summed E-state index contributed by atoms with van der Waals surface area (Å²) in [6.45, 7) is 0. The number of halogens is 4. The molecule has 0 aromatic heterocycles. The van der Waals surface area contributed by atoms with E-state index in [1.54, 1.807) is 0 Å². The standard InChI is InChI=1S/C4H3ClF3N2O2/c5-1(2(9)11)10-3(12)4(6,7)8/h1,9H,(H,10,12). The molecule has 0 aliphatic carbocycles. The average Bonchev–Trinajstić information content (AvgIpc) is 1.85. The van der Waals surface area contributed by atoms with Crippen molar-refractivity contribution in [2.75, 3.05) is 0 Å². The largest absolute Gasteiger partial charge is 0.471 e. The van der Waals surface area contributed by atoms with Gasteiger partial charge in [0.15, 0.2) is 5.50 Å². The Kier molecular flexibility index (Phi) is 3.32. The molecule has 1 radical (unpaired) electrons. The number of alkyl halides is 4. The van der Waals surface area contributed by atoms with Gasteiger partial charge in [-0.05, 0) is 0 Å². The summed E-state index contributed by atoms with van der Waals surface area (Å²) in [6, 6.07) is 0. The van der Waals surface area contributed by atoms with Crippen molar-refractivity contribution < 1.29 is 22.8 Å². The van der Waals surface area contributed by atoms with Gasteiger partial charge in [-0.25, -0.2) is 0 Å². The third kappa shape index (κ3) is 3.42. The van der Waals surface area contributed by atoms with E-state index in [1.165, 1.54) is 0 Å². The Labute approximate surface area is 69.8 Å². The predicted octanol–water partition coefficient (Wildman–Crippen LogP) is 0.0393. The highest BCUT2D eigenvalue weighted by molar-refractivity contribution is 6.31. The van der Waals surface area contributed by atoms with Gasteiger partial charge in [0.1, 0.15) is 0 Å². The van der Waals surface area contributed by atoms with Crippen LogP contribution in [0.4, 0.5) is 13.2 Å². The summed E-state index contributed by atoms with van der Waals surface area (Å²) < 4.78 is 34.3. The van der Waals surface area contributed by atoms with E-state index in [1.807, 2.05) is 0 Å². The van der Waals surface area contributed by atoms with Crippen LogP contribution < -0.4 is 11.1 Å². The zero-order chi connectivity index (χ0) is 9.94. The van der Waals surface area contributed by atoms with Crippen molar-refractivity contribution in [2.45, 2.75) is 11.7 Å². The molecule has 12 heavy (non-hydrogen) atoms. The van der Waals surface area contributed by atoms with Crippen LogP contribution in [0.25, 0.3) is 0 Å². The zero-order valence-corrected chi connectivity index (χ0v) is 6.16. The van der Waals surface area contributed by atoms with Crippen molar-refractivity contribution in [3.63, 3.8) is 0 Å². The lowest BCUT2D eigenvalue weighted by Crippen LogP contribution is -2.44. The average molecular weight is 204 g/mol. The van der Waals surface area contributed by atoms with E-state index in [0.717, 1.165) is 5.32 Å². The molecule has 8 heteroatoms. The highest BCUT2D eigenvalue weighted by atomic mass is 35.5. The molecule has 0 aromatic rings. The first-order valence-electron chi connectivity index (χ1n) is 2.52. The van der Waals surface area contributed by atoms with Gasteiger partial charge >= 0.3 is 12.1 Å². The summed E-state index contributed by atoms with van der Waals surface area (Å²) in [5.41, 5.74) is 4.27. The van der Waals surface area contributed by atoms with Crippen molar-refractivity contribution in [1.82, 2.24) is 11.1 Å². The molecular formula is C4H3ClF3N2O2. The second kappa shape index (κ2) is 3.61. The zero-order valence-electron chi connectivity index (χ0n) is 5.41. The number of hydrogen-bond donors (Lipinski definition) is 1. The van der Waals surface area contributed by atoms with Gasteiger partial charge in [0.05, 0.1) is 0 Å². The highest BCUT2D eigenvalue weighted by Gasteiger charge is 2.40. The summed E-state index contributed by atoms with van der Waals surface area (Å²) in [5.74, 6) is -3.85. The normalized spacial score (nSPS) is 13.7. The van der Waals surface area contributed by atoms with Crippen molar-refractivity contribution in [3.8, 4) is 0 Å². The molecule has 69 valence electrons. The van der Waals surface area contributed by atoms with Gasteiger partial charge in [0.25, 0.3) is 5.91 Å². The third-order valence-corrected chi connectivity index (χ3v) is 1.05. The SMILES string of the molecule is [NH]C(=O)C(Cl)NC(=O)C(F)(F)F. The molecule has 0 bridgehead atoms. The summed E-state index contributed by atoms with van der Waals surface area (Å²) in [6.07, 6.45) is -5.09. The van der Waals surface area contributed by atoms with Crippen LogP contribution in [0.3, 0.4) is 0 Å². The van der Waals surface area contributed by atoms with Crippen molar-refractivity contribution in [1.29, 1.82) is 0 Å².